The number of nitrogens with zero attached hydrogens (tertiary/aromatic N) is 2. The smallest absolute Gasteiger partial charge is 0.115 e. The quantitative estimate of drug-likeness (QED) is 0.623. The fraction of sp³-hybridized carbons (Fsp3) is 0.429. The first-order valence-electron chi connectivity index (χ1n) is 3.51. The summed E-state index contributed by atoms with van der Waals surface area (Å²) in [5, 5.41) is 9.44. The molecule has 0 amide bonds. The fourth-order valence-corrected chi connectivity index (χ4v) is 0.579. The molecule has 0 aliphatic heterocycles. The highest BCUT2D eigenvalue weighted by Gasteiger charge is 2.15. The molecular formula is C7H10N2O. The molecule has 1 N–H and O–H groups in total. The number of rotatable bonds is 1. The Morgan fingerprint density at radius 1 is 1.50 bits per heavy atom. The minimum Gasteiger partial charge on any atom is -0.386 e. The first-order chi connectivity index (χ1) is 5.00. The van der Waals surface area contributed by atoms with Gasteiger partial charge in [-0.1, -0.05) is 0 Å². The molecule has 1 rings (SSSR count). The molecule has 3 heteroatoms. The molecular weight excluding hydrogens is 128 g/mol. The standard InChI is InChI=1S/C7H10N2O/c1-7(2,10)6-3-8-5-9-4-6/h3-5,10H,1-2H3/i5D. The van der Waals surface area contributed by atoms with Crippen LogP contribution in [-0.4, -0.2) is 15.1 Å². The van der Waals surface area contributed by atoms with Gasteiger partial charge in [0.15, 0.2) is 0 Å². The molecule has 0 saturated heterocycles. The van der Waals surface area contributed by atoms with Crippen molar-refractivity contribution in [1.29, 1.82) is 0 Å². The Morgan fingerprint density at radius 3 is 2.40 bits per heavy atom. The third kappa shape index (κ3) is 1.51. The van der Waals surface area contributed by atoms with Crippen molar-refractivity contribution in [2.24, 2.45) is 0 Å². The molecule has 3 nitrogen and oxygen atoms in total. The van der Waals surface area contributed by atoms with Gasteiger partial charge in [0.2, 0.25) is 0 Å². The molecule has 0 aromatic carbocycles. The Morgan fingerprint density at radius 2 is 2.00 bits per heavy atom. The zero-order valence-corrected chi connectivity index (χ0v) is 6.00. The number of aliphatic hydroxyl groups is 1. The summed E-state index contributed by atoms with van der Waals surface area (Å²) in [6, 6.07) is 0. The van der Waals surface area contributed by atoms with E-state index < -0.39 is 5.60 Å². The van der Waals surface area contributed by atoms with E-state index in [2.05, 4.69) is 9.97 Å². The third-order valence-corrected chi connectivity index (χ3v) is 1.23. The van der Waals surface area contributed by atoms with Crippen LogP contribution in [0.15, 0.2) is 18.7 Å². The van der Waals surface area contributed by atoms with Gasteiger partial charge in [-0.15, -0.1) is 0 Å². The van der Waals surface area contributed by atoms with Crippen LogP contribution in [0.5, 0.6) is 0 Å². The Kier molecular flexibility index (Phi) is 1.36. The second-order valence-electron chi connectivity index (χ2n) is 2.63. The van der Waals surface area contributed by atoms with E-state index in [1.165, 1.54) is 12.4 Å². The van der Waals surface area contributed by atoms with Crippen LogP contribution >= 0.6 is 0 Å². The largest absolute Gasteiger partial charge is 0.386 e. The van der Waals surface area contributed by atoms with Crippen molar-refractivity contribution in [3.05, 3.63) is 24.3 Å². The zero-order valence-electron chi connectivity index (χ0n) is 7.00. The summed E-state index contributed by atoms with van der Waals surface area (Å²) in [5.41, 5.74) is -0.304. The average molecular weight is 139 g/mol. The highest BCUT2D eigenvalue weighted by molar-refractivity contribution is 5.10. The van der Waals surface area contributed by atoms with Crippen LogP contribution in [0.3, 0.4) is 0 Å². The Balaban J connectivity index is 2.99. The molecule has 10 heavy (non-hydrogen) atoms. The van der Waals surface area contributed by atoms with Crippen molar-refractivity contribution in [2.75, 3.05) is 0 Å². The van der Waals surface area contributed by atoms with E-state index in [1.54, 1.807) is 13.8 Å². The minimum atomic E-state index is -0.923. The van der Waals surface area contributed by atoms with E-state index >= 15 is 0 Å². The van der Waals surface area contributed by atoms with Gasteiger partial charge in [-0.2, -0.15) is 0 Å². The topological polar surface area (TPSA) is 46.0 Å². The lowest BCUT2D eigenvalue weighted by molar-refractivity contribution is 0.0778. The molecule has 0 atom stereocenters. The maximum atomic E-state index is 9.44. The monoisotopic (exact) mass is 139 g/mol. The van der Waals surface area contributed by atoms with E-state index in [1.807, 2.05) is 0 Å². The lowest BCUT2D eigenvalue weighted by Crippen LogP contribution is -2.15. The summed E-state index contributed by atoms with van der Waals surface area (Å²) in [6.07, 6.45) is 2.88. The number of hydrogen-bond donors (Lipinski definition) is 1. The Bertz CT molecular complexity index is 240. The van der Waals surface area contributed by atoms with Crippen LogP contribution in [0.4, 0.5) is 0 Å². The lowest BCUT2D eigenvalue weighted by Gasteiger charge is -2.15. The van der Waals surface area contributed by atoms with E-state index in [-0.39, 0.29) is 6.30 Å². The van der Waals surface area contributed by atoms with Crippen molar-refractivity contribution in [3.8, 4) is 0 Å². The van der Waals surface area contributed by atoms with Gasteiger partial charge in [0.25, 0.3) is 0 Å². The first kappa shape index (κ1) is 5.80. The van der Waals surface area contributed by atoms with Crippen LogP contribution in [0.1, 0.15) is 20.8 Å². The normalized spacial score (nSPS) is 12.9. The summed E-state index contributed by atoms with van der Waals surface area (Å²) < 4.78 is 6.99. The van der Waals surface area contributed by atoms with Crippen molar-refractivity contribution in [1.82, 2.24) is 9.97 Å². The second kappa shape index (κ2) is 2.34. The van der Waals surface area contributed by atoms with Crippen molar-refractivity contribution in [3.63, 3.8) is 0 Å². The van der Waals surface area contributed by atoms with Crippen LogP contribution in [0.25, 0.3) is 0 Å². The predicted molar refractivity (Wildman–Crippen MR) is 37.3 cm³/mol. The molecule has 0 aliphatic rings. The zero-order chi connectivity index (χ0) is 8.48. The molecule has 54 valence electrons. The van der Waals surface area contributed by atoms with Crippen molar-refractivity contribution < 1.29 is 6.48 Å². The number of hydrogen-bond acceptors (Lipinski definition) is 3. The molecule has 0 fully saturated rings. The van der Waals surface area contributed by atoms with E-state index in [4.69, 9.17) is 1.37 Å². The summed E-state index contributed by atoms with van der Waals surface area (Å²) in [7, 11) is 0. The van der Waals surface area contributed by atoms with Gasteiger partial charge >= 0.3 is 0 Å². The molecule has 1 aromatic rings. The number of aromatic nitrogens is 2. The predicted octanol–water partition coefficient (Wildman–Crippen LogP) is 0.704. The Labute approximate surface area is 61.2 Å². The molecule has 0 saturated carbocycles. The molecule has 1 aromatic heterocycles. The van der Waals surface area contributed by atoms with Crippen molar-refractivity contribution in [2.45, 2.75) is 19.4 Å². The van der Waals surface area contributed by atoms with Gasteiger partial charge in [0.1, 0.15) is 7.67 Å². The molecule has 0 unspecified atom stereocenters. The van der Waals surface area contributed by atoms with Gasteiger partial charge in [0, 0.05) is 18.0 Å². The van der Waals surface area contributed by atoms with Gasteiger partial charge in [-0.25, -0.2) is 9.97 Å². The molecule has 1 heterocycles. The highest BCUT2D eigenvalue weighted by Crippen LogP contribution is 2.15. The van der Waals surface area contributed by atoms with E-state index in [0.29, 0.717) is 5.56 Å². The van der Waals surface area contributed by atoms with Gasteiger partial charge in [-0.05, 0) is 13.8 Å². The van der Waals surface area contributed by atoms with Gasteiger partial charge in [0.05, 0.1) is 5.60 Å². The summed E-state index contributed by atoms with van der Waals surface area (Å²) in [4.78, 5) is 7.28. The van der Waals surface area contributed by atoms with Crippen LogP contribution in [0.2, 0.25) is 0 Å². The molecule has 0 spiro atoms. The van der Waals surface area contributed by atoms with Crippen LogP contribution in [0, 0.1) is 0 Å². The second-order valence-corrected chi connectivity index (χ2v) is 2.63. The average Bonchev–Trinajstić information content (AvgIpc) is 1.86. The third-order valence-electron chi connectivity index (χ3n) is 1.23. The maximum absolute atomic E-state index is 9.44. The van der Waals surface area contributed by atoms with Crippen molar-refractivity contribution >= 4 is 0 Å². The lowest BCUT2D eigenvalue weighted by atomic mass is 10.0. The molecule has 0 bridgehead atoms. The van der Waals surface area contributed by atoms with Crippen LogP contribution < -0.4 is 0 Å². The van der Waals surface area contributed by atoms with Gasteiger partial charge in [-0.3, -0.25) is 0 Å². The summed E-state index contributed by atoms with van der Waals surface area (Å²) in [5.74, 6) is 0. The minimum absolute atomic E-state index is 0.0296. The summed E-state index contributed by atoms with van der Waals surface area (Å²) in [6.45, 7) is 3.30. The SMILES string of the molecule is [2H]c1ncc(C(C)(C)O)cn1. The highest BCUT2D eigenvalue weighted by atomic mass is 16.3. The fourth-order valence-electron chi connectivity index (χ4n) is 0.579. The first-order valence-corrected chi connectivity index (χ1v) is 3.01. The maximum Gasteiger partial charge on any atom is 0.115 e. The Hall–Kier alpha value is -0.960. The van der Waals surface area contributed by atoms with E-state index in [0.717, 1.165) is 0 Å². The van der Waals surface area contributed by atoms with Crippen LogP contribution in [-0.2, 0) is 5.60 Å². The molecule has 0 radical (unpaired) electrons. The van der Waals surface area contributed by atoms with E-state index in [9.17, 15) is 5.11 Å². The molecule has 0 aliphatic carbocycles. The van der Waals surface area contributed by atoms with Gasteiger partial charge < -0.3 is 5.11 Å². The summed E-state index contributed by atoms with van der Waals surface area (Å²) >= 11 is 0.